The minimum atomic E-state index is -0.305. The molecule has 0 fully saturated rings. The molecule has 0 radical (unpaired) electrons. The van der Waals surface area contributed by atoms with Crippen LogP contribution in [-0.2, 0) is 9.47 Å². The quantitative estimate of drug-likeness (QED) is 0.726. The molecule has 1 unspecified atom stereocenters. The van der Waals surface area contributed by atoms with Crippen molar-refractivity contribution >= 4 is 0 Å². The normalized spacial score (nSPS) is 12.7. The zero-order chi connectivity index (χ0) is 13.5. The Balaban J connectivity index is 2.68. The molecule has 5 heteroatoms. The van der Waals surface area contributed by atoms with Crippen molar-refractivity contribution in [1.82, 2.24) is 5.32 Å². The maximum atomic E-state index is 9.82. The Morgan fingerprint density at radius 1 is 1.22 bits per heavy atom. The first-order valence-corrected chi connectivity index (χ1v) is 5.78. The van der Waals surface area contributed by atoms with E-state index in [2.05, 4.69) is 5.32 Å². The molecule has 0 heterocycles. The van der Waals surface area contributed by atoms with Gasteiger partial charge in [-0.15, -0.1) is 0 Å². The van der Waals surface area contributed by atoms with Gasteiger partial charge in [0.15, 0.2) is 6.29 Å². The highest BCUT2D eigenvalue weighted by Crippen LogP contribution is 2.28. The lowest BCUT2D eigenvalue weighted by molar-refractivity contribution is -0.0997. The van der Waals surface area contributed by atoms with Crippen LogP contribution in [0.1, 0.15) is 18.5 Å². The van der Waals surface area contributed by atoms with Crippen LogP contribution >= 0.6 is 0 Å². The molecule has 0 saturated carbocycles. The van der Waals surface area contributed by atoms with Gasteiger partial charge in [0.2, 0.25) is 0 Å². The molecular formula is C13H21NO4. The minimum absolute atomic E-state index is 0.0344. The summed E-state index contributed by atoms with van der Waals surface area (Å²) in [5.41, 5.74) is 0.778. The number of aromatic hydroxyl groups is 1. The maximum Gasteiger partial charge on any atom is 0.169 e. The number of hydrogen-bond acceptors (Lipinski definition) is 5. The fraction of sp³-hybridized carbons (Fsp3) is 0.538. The van der Waals surface area contributed by atoms with Gasteiger partial charge in [0.1, 0.15) is 11.5 Å². The number of phenols is 1. The third-order valence-electron chi connectivity index (χ3n) is 2.82. The van der Waals surface area contributed by atoms with Crippen LogP contribution in [0.2, 0.25) is 0 Å². The molecule has 0 aliphatic carbocycles. The molecule has 0 bridgehead atoms. The molecule has 0 saturated heterocycles. The summed E-state index contributed by atoms with van der Waals surface area (Å²) in [7, 11) is 4.77. The summed E-state index contributed by atoms with van der Waals surface area (Å²) in [4.78, 5) is 0. The van der Waals surface area contributed by atoms with E-state index < -0.39 is 0 Å². The van der Waals surface area contributed by atoms with Gasteiger partial charge in [-0.25, -0.2) is 0 Å². The summed E-state index contributed by atoms with van der Waals surface area (Å²) in [6.07, 6.45) is -0.305. The first-order chi connectivity index (χ1) is 8.62. The van der Waals surface area contributed by atoms with Crippen LogP contribution in [0.5, 0.6) is 11.5 Å². The zero-order valence-electron chi connectivity index (χ0n) is 11.3. The second kappa shape index (κ2) is 7.20. The molecule has 18 heavy (non-hydrogen) atoms. The summed E-state index contributed by atoms with van der Waals surface area (Å²) in [6, 6.07) is 5.12. The van der Waals surface area contributed by atoms with E-state index in [4.69, 9.17) is 14.2 Å². The SMILES string of the molecule is COc1ccc(O)c(C(C)NCC(OC)OC)c1. The van der Waals surface area contributed by atoms with Gasteiger partial charge in [0, 0.05) is 32.4 Å². The van der Waals surface area contributed by atoms with Crippen LogP contribution < -0.4 is 10.1 Å². The van der Waals surface area contributed by atoms with E-state index in [0.29, 0.717) is 12.3 Å². The number of ether oxygens (including phenoxy) is 3. The van der Waals surface area contributed by atoms with Crippen molar-refractivity contribution in [3.8, 4) is 11.5 Å². The molecule has 2 N–H and O–H groups in total. The number of nitrogens with one attached hydrogen (secondary N) is 1. The predicted octanol–water partition coefficient (Wildman–Crippen LogP) is 1.67. The van der Waals surface area contributed by atoms with Crippen LogP contribution in [0.3, 0.4) is 0 Å². The monoisotopic (exact) mass is 255 g/mol. The summed E-state index contributed by atoms with van der Waals surface area (Å²) in [5, 5.41) is 13.0. The lowest BCUT2D eigenvalue weighted by atomic mass is 10.1. The van der Waals surface area contributed by atoms with Crippen molar-refractivity contribution < 1.29 is 19.3 Å². The van der Waals surface area contributed by atoms with Crippen LogP contribution in [0, 0.1) is 0 Å². The van der Waals surface area contributed by atoms with Gasteiger partial charge in [-0.2, -0.15) is 0 Å². The standard InChI is InChI=1S/C13H21NO4/c1-9(14-8-13(17-3)18-4)11-7-10(16-2)5-6-12(11)15/h5-7,9,13-15H,8H2,1-4H3. The third kappa shape index (κ3) is 3.87. The number of rotatable bonds is 7. The Labute approximate surface area is 108 Å². The van der Waals surface area contributed by atoms with Gasteiger partial charge in [0.05, 0.1) is 7.11 Å². The Kier molecular flexibility index (Phi) is 5.91. The van der Waals surface area contributed by atoms with Crippen molar-refractivity contribution in [1.29, 1.82) is 0 Å². The summed E-state index contributed by atoms with van der Waals surface area (Å²) in [6.45, 7) is 2.49. The number of hydrogen-bond donors (Lipinski definition) is 2. The van der Waals surface area contributed by atoms with Gasteiger partial charge >= 0.3 is 0 Å². The molecular weight excluding hydrogens is 234 g/mol. The summed E-state index contributed by atoms with van der Waals surface area (Å²) in [5.74, 6) is 0.952. The highest BCUT2D eigenvalue weighted by Gasteiger charge is 2.13. The van der Waals surface area contributed by atoms with E-state index in [-0.39, 0.29) is 18.1 Å². The Hall–Kier alpha value is -1.30. The Bertz CT molecular complexity index is 366. The molecule has 0 aromatic heterocycles. The fourth-order valence-corrected chi connectivity index (χ4v) is 1.65. The predicted molar refractivity (Wildman–Crippen MR) is 68.9 cm³/mol. The van der Waals surface area contributed by atoms with E-state index in [9.17, 15) is 5.11 Å². The van der Waals surface area contributed by atoms with E-state index in [0.717, 1.165) is 5.56 Å². The lowest BCUT2D eigenvalue weighted by Crippen LogP contribution is -2.31. The van der Waals surface area contributed by atoms with Gasteiger partial charge < -0.3 is 24.6 Å². The first-order valence-electron chi connectivity index (χ1n) is 5.78. The van der Waals surface area contributed by atoms with Gasteiger partial charge in [-0.3, -0.25) is 0 Å². The Morgan fingerprint density at radius 2 is 1.89 bits per heavy atom. The second-order valence-electron chi connectivity index (χ2n) is 3.96. The molecule has 0 aliphatic heterocycles. The molecule has 1 rings (SSSR count). The highest BCUT2D eigenvalue weighted by atomic mass is 16.7. The maximum absolute atomic E-state index is 9.82. The lowest BCUT2D eigenvalue weighted by Gasteiger charge is -2.20. The molecule has 0 spiro atoms. The molecule has 1 atom stereocenters. The number of benzene rings is 1. The number of methoxy groups -OCH3 is 3. The molecule has 5 nitrogen and oxygen atoms in total. The van der Waals surface area contributed by atoms with Gasteiger partial charge in [-0.1, -0.05) is 0 Å². The van der Waals surface area contributed by atoms with Gasteiger partial charge in [0.25, 0.3) is 0 Å². The van der Waals surface area contributed by atoms with Crippen LogP contribution in [-0.4, -0.2) is 39.3 Å². The largest absolute Gasteiger partial charge is 0.508 e. The summed E-state index contributed by atoms with van der Waals surface area (Å²) < 4.78 is 15.3. The fourth-order valence-electron chi connectivity index (χ4n) is 1.65. The van der Waals surface area contributed by atoms with Crippen LogP contribution in [0.4, 0.5) is 0 Å². The van der Waals surface area contributed by atoms with Crippen molar-refractivity contribution in [2.75, 3.05) is 27.9 Å². The van der Waals surface area contributed by atoms with Crippen molar-refractivity contribution in [3.63, 3.8) is 0 Å². The van der Waals surface area contributed by atoms with E-state index in [1.54, 1.807) is 33.5 Å². The summed E-state index contributed by atoms with van der Waals surface area (Å²) >= 11 is 0. The van der Waals surface area contributed by atoms with Crippen molar-refractivity contribution in [2.45, 2.75) is 19.3 Å². The molecule has 1 aromatic carbocycles. The molecule has 1 aromatic rings. The zero-order valence-corrected chi connectivity index (χ0v) is 11.3. The molecule has 0 aliphatic rings. The first kappa shape index (κ1) is 14.8. The highest BCUT2D eigenvalue weighted by molar-refractivity contribution is 5.41. The van der Waals surface area contributed by atoms with Crippen molar-refractivity contribution in [2.24, 2.45) is 0 Å². The smallest absolute Gasteiger partial charge is 0.169 e. The topological polar surface area (TPSA) is 60.0 Å². The van der Waals surface area contributed by atoms with Crippen molar-refractivity contribution in [3.05, 3.63) is 23.8 Å². The average Bonchev–Trinajstić information content (AvgIpc) is 2.40. The van der Waals surface area contributed by atoms with E-state index in [1.807, 2.05) is 13.0 Å². The van der Waals surface area contributed by atoms with E-state index in [1.165, 1.54) is 0 Å². The van der Waals surface area contributed by atoms with E-state index >= 15 is 0 Å². The van der Waals surface area contributed by atoms with Gasteiger partial charge in [-0.05, 0) is 25.1 Å². The molecule has 102 valence electrons. The molecule has 0 amide bonds. The third-order valence-corrected chi connectivity index (χ3v) is 2.82. The average molecular weight is 255 g/mol. The number of phenolic OH excluding ortho intramolecular Hbond substituents is 1. The van der Waals surface area contributed by atoms with Crippen LogP contribution in [0.15, 0.2) is 18.2 Å². The minimum Gasteiger partial charge on any atom is -0.508 e. The Morgan fingerprint density at radius 3 is 2.44 bits per heavy atom. The second-order valence-corrected chi connectivity index (χ2v) is 3.96. The van der Waals surface area contributed by atoms with Crippen LogP contribution in [0.25, 0.3) is 0 Å².